The van der Waals surface area contributed by atoms with Crippen LogP contribution in [0, 0.1) is 6.92 Å². The summed E-state index contributed by atoms with van der Waals surface area (Å²) in [5.41, 5.74) is 4.32. The normalized spacial score (nSPS) is 14.4. The SMILES string of the molecule is Cc1ccc(C(C)C)c(N2C(=O)CS/C2=N\C(=O)Nc2ccc(CCNC(=O)c3ccc(OC(F)(F)F)cc3)cc2)c1. The summed E-state index contributed by atoms with van der Waals surface area (Å²) in [6.45, 7) is 6.32. The Bertz CT molecular complexity index is 1490. The van der Waals surface area contributed by atoms with Crippen LogP contribution in [0.4, 0.5) is 29.3 Å². The average molecular weight is 599 g/mol. The van der Waals surface area contributed by atoms with E-state index in [9.17, 15) is 27.6 Å². The minimum absolute atomic E-state index is 0.136. The maximum atomic E-state index is 12.7. The van der Waals surface area contributed by atoms with Crippen molar-refractivity contribution in [2.45, 2.75) is 39.5 Å². The lowest BCUT2D eigenvalue weighted by Gasteiger charge is -2.22. The highest BCUT2D eigenvalue weighted by Gasteiger charge is 2.33. The minimum atomic E-state index is -4.80. The molecule has 4 rings (SSSR count). The van der Waals surface area contributed by atoms with E-state index < -0.39 is 24.1 Å². The first-order chi connectivity index (χ1) is 19.9. The van der Waals surface area contributed by atoms with Crippen LogP contribution < -0.4 is 20.3 Å². The standard InChI is InChI=1S/C30H29F3N4O4S/c1-18(2)24-13-4-19(3)16-25(24)37-26(38)17-42-29(37)36-28(40)35-22-9-5-20(6-10-22)14-15-34-27(39)21-7-11-23(12-8-21)41-30(31,32)33/h4-13,16,18H,14-15,17H2,1-3H3,(H,34,39)(H,35,40)/b36-29-. The van der Waals surface area contributed by atoms with Gasteiger partial charge in [-0.1, -0.05) is 49.9 Å². The molecule has 42 heavy (non-hydrogen) atoms. The summed E-state index contributed by atoms with van der Waals surface area (Å²) in [6.07, 6.45) is -4.31. The molecular weight excluding hydrogens is 569 g/mol. The Labute approximate surface area is 245 Å². The van der Waals surface area contributed by atoms with Crippen molar-refractivity contribution >= 4 is 46.1 Å². The molecule has 0 atom stereocenters. The van der Waals surface area contributed by atoms with Crippen LogP contribution in [-0.2, 0) is 11.2 Å². The number of alkyl halides is 3. The lowest BCUT2D eigenvalue weighted by molar-refractivity contribution is -0.274. The highest BCUT2D eigenvalue weighted by molar-refractivity contribution is 8.15. The summed E-state index contributed by atoms with van der Waals surface area (Å²) in [4.78, 5) is 43.4. The summed E-state index contributed by atoms with van der Waals surface area (Å²) in [6, 6.07) is 16.9. The number of hydrogen-bond donors (Lipinski definition) is 2. The molecule has 0 bridgehead atoms. The molecule has 0 aliphatic carbocycles. The maximum Gasteiger partial charge on any atom is 0.573 e. The van der Waals surface area contributed by atoms with Crippen molar-refractivity contribution < 1.29 is 32.3 Å². The molecule has 1 heterocycles. The van der Waals surface area contributed by atoms with Gasteiger partial charge < -0.3 is 15.4 Å². The van der Waals surface area contributed by atoms with Crippen molar-refractivity contribution in [1.82, 2.24) is 5.32 Å². The van der Waals surface area contributed by atoms with Crippen LogP contribution in [0.1, 0.15) is 46.8 Å². The van der Waals surface area contributed by atoms with Crippen molar-refractivity contribution in [3.63, 3.8) is 0 Å². The molecule has 3 aromatic carbocycles. The van der Waals surface area contributed by atoms with E-state index >= 15 is 0 Å². The predicted molar refractivity (Wildman–Crippen MR) is 157 cm³/mol. The minimum Gasteiger partial charge on any atom is -0.406 e. The van der Waals surface area contributed by atoms with Gasteiger partial charge in [-0.25, -0.2) is 4.79 Å². The molecule has 1 aliphatic rings. The second-order valence-corrected chi connectivity index (χ2v) is 10.8. The van der Waals surface area contributed by atoms with E-state index in [1.807, 2.05) is 39.0 Å². The van der Waals surface area contributed by atoms with Gasteiger partial charge in [0.2, 0.25) is 5.91 Å². The number of hydrogen-bond acceptors (Lipinski definition) is 5. The summed E-state index contributed by atoms with van der Waals surface area (Å²) in [5, 5.41) is 5.75. The Balaban J connectivity index is 1.32. The molecule has 8 nitrogen and oxygen atoms in total. The Morgan fingerprint density at radius 2 is 1.74 bits per heavy atom. The van der Waals surface area contributed by atoms with Gasteiger partial charge in [0.1, 0.15) is 5.75 Å². The summed E-state index contributed by atoms with van der Waals surface area (Å²) >= 11 is 1.21. The Morgan fingerprint density at radius 3 is 2.38 bits per heavy atom. The number of nitrogens with zero attached hydrogens (tertiary/aromatic N) is 2. The van der Waals surface area contributed by atoms with E-state index in [4.69, 9.17) is 0 Å². The first-order valence-corrected chi connectivity index (χ1v) is 14.1. The van der Waals surface area contributed by atoms with E-state index in [0.717, 1.165) is 34.5 Å². The number of aliphatic imine (C=N–C) groups is 1. The molecule has 2 N–H and O–H groups in total. The number of benzene rings is 3. The van der Waals surface area contributed by atoms with Gasteiger partial charge in [0, 0.05) is 17.8 Å². The Morgan fingerprint density at radius 1 is 1.05 bits per heavy atom. The second-order valence-electron chi connectivity index (χ2n) is 9.83. The Kier molecular flexibility index (Phi) is 9.56. The van der Waals surface area contributed by atoms with Gasteiger partial charge in [0.25, 0.3) is 5.91 Å². The number of halogens is 3. The zero-order valence-corrected chi connectivity index (χ0v) is 23.9. The molecule has 1 aliphatic heterocycles. The fourth-order valence-electron chi connectivity index (χ4n) is 4.24. The quantitative estimate of drug-likeness (QED) is 0.302. The van der Waals surface area contributed by atoms with Gasteiger partial charge in [0.05, 0.1) is 11.4 Å². The van der Waals surface area contributed by atoms with Gasteiger partial charge >= 0.3 is 12.4 Å². The Hall–Kier alpha value is -4.32. The first kappa shape index (κ1) is 30.6. The maximum absolute atomic E-state index is 12.7. The van der Waals surface area contributed by atoms with Gasteiger partial charge in [-0.05, 0) is 78.4 Å². The van der Waals surface area contributed by atoms with Crippen LogP contribution in [0.3, 0.4) is 0 Å². The number of urea groups is 1. The third kappa shape index (κ3) is 8.12. The number of anilines is 2. The fraction of sp³-hybridized carbons (Fsp3) is 0.267. The number of carbonyl (C=O) groups excluding carboxylic acids is 3. The molecule has 0 saturated carbocycles. The van der Waals surface area contributed by atoms with Crippen molar-refractivity contribution in [2.24, 2.45) is 4.99 Å². The molecule has 4 amide bonds. The highest BCUT2D eigenvalue weighted by atomic mass is 32.2. The highest BCUT2D eigenvalue weighted by Crippen LogP contribution is 2.34. The molecular formula is C30H29F3N4O4S. The molecule has 0 unspecified atom stereocenters. The largest absolute Gasteiger partial charge is 0.573 e. The summed E-state index contributed by atoms with van der Waals surface area (Å²) < 4.78 is 40.7. The lowest BCUT2D eigenvalue weighted by atomic mass is 9.99. The number of rotatable bonds is 8. The molecule has 0 radical (unpaired) electrons. The number of aryl methyl sites for hydroxylation is 1. The van der Waals surface area contributed by atoms with E-state index in [2.05, 4.69) is 20.4 Å². The summed E-state index contributed by atoms with van der Waals surface area (Å²) in [7, 11) is 0. The van der Waals surface area contributed by atoms with Gasteiger partial charge in [-0.15, -0.1) is 13.2 Å². The number of carbonyl (C=O) groups is 3. The zero-order chi connectivity index (χ0) is 30.4. The number of nitrogens with one attached hydrogen (secondary N) is 2. The van der Waals surface area contributed by atoms with Crippen LogP contribution in [0.15, 0.2) is 71.7 Å². The summed E-state index contributed by atoms with van der Waals surface area (Å²) in [5.74, 6) is -0.602. The second kappa shape index (κ2) is 13.1. The fourth-order valence-corrected chi connectivity index (χ4v) is 5.10. The first-order valence-electron chi connectivity index (χ1n) is 13.1. The van der Waals surface area contributed by atoms with E-state index in [0.29, 0.717) is 17.3 Å². The topological polar surface area (TPSA) is 100 Å². The third-order valence-electron chi connectivity index (χ3n) is 6.27. The molecule has 3 aromatic rings. The number of ether oxygens (including phenoxy) is 1. The third-order valence-corrected chi connectivity index (χ3v) is 7.19. The molecule has 1 fully saturated rings. The molecule has 0 spiro atoms. The van der Waals surface area contributed by atoms with Crippen LogP contribution in [0.25, 0.3) is 0 Å². The van der Waals surface area contributed by atoms with Crippen molar-refractivity contribution in [1.29, 1.82) is 0 Å². The molecule has 1 saturated heterocycles. The van der Waals surface area contributed by atoms with Gasteiger partial charge in [-0.3, -0.25) is 14.5 Å². The van der Waals surface area contributed by atoms with Crippen LogP contribution >= 0.6 is 11.8 Å². The molecule has 220 valence electrons. The molecule has 0 aromatic heterocycles. The van der Waals surface area contributed by atoms with Crippen molar-refractivity contribution in [3.05, 3.63) is 89.0 Å². The van der Waals surface area contributed by atoms with Crippen molar-refractivity contribution in [2.75, 3.05) is 22.5 Å². The van der Waals surface area contributed by atoms with Gasteiger partial charge in [-0.2, -0.15) is 4.99 Å². The monoisotopic (exact) mass is 598 g/mol. The lowest BCUT2D eigenvalue weighted by Crippen LogP contribution is -2.31. The van der Waals surface area contributed by atoms with Gasteiger partial charge in [0.15, 0.2) is 5.17 Å². The molecule has 12 heteroatoms. The predicted octanol–water partition coefficient (Wildman–Crippen LogP) is 6.66. The van der Waals surface area contributed by atoms with Crippen LogP contribution in [0.5, 0.6) is 5.75 Å². The average Bonchev–Trinajstić information content (AvgIpc) is 3.28. The van der Waals surface area contributed by atoms with Crippen LogP contribution in [-0.4, -0.2) is 41.7 Å². The number of amides is 4. The number of amidine groups is 1. The van der Waals surface area contributed by atoms with E-state index in [1.54, 1.807) is 24.3 Å². The van der Waals surface area contributed by atoms with E-state index in [1.165, 1.54) is 28.8 Å². The van der Waals surface area contributed by atoms with Crippen LogP contribution in [0.2, 0.25) is 0 Å². The zero-order valence-electron chi connectivity index (χ0n) is 23.1. The van der Waals surface area contributed by atoms with Crippen molar-refractivity contribution in [3.8, 4) is 5.75 Å². The van der Waals surface area contributed by atoms with E-state index in [-0.39, 0.29) is 29.7 Å². The smallest absolute Gasteiger partial charge is 0.406 e. The number of thioether (sulfide) groups is 1.